The van der Waals surface area contributed by atoms with E-state index in [1.807, 2.05) is 19.2 Å². The number of anilines is 1. The molecule has 4 nitrogen and oxygen atoms in total. The minimum atomic E-state index is 0.417. The van der Waals surface area contributed by atoms with E-state index in [1.54, 1.807) is 0 Å². The summed E-state index contributed by atoms with van der Waals surface area (Å²) < 4.78 is 2.08. The van der Waals surface area contributed by atoms with Gasteiger partial charge < -0.3 is 5.73 Å². The molecule has 1 unspecified atom stereocenters. The van der Waals surface area contributed by atoms with Gasteiger partial charge >= 0.3 is 0 Å². The number of hydrogen-bond acceptors (Lipinski definition) is 3. The van der Waals surface area contributed by atoms with Gasteiger partial charge in [0.1, 0.15) is 5.52 Å². The van der Waals surface area contributed by atoms with E-state index in [9.17, 15) is 0 Å². The van der Waals surface area contributed by atoms with Gasteiger partial charge in [0.15, 0.2) is 5.65 Å². The second kappa shape index (κ2) is 3.20. The largest absolute Gasteiger partial charge is 0.369 e. The normalized spacial score (nSPS) is 17.9. The van der Waals surface area contributed by atoms with Crippen molar-refractivity contribution in [3.8, 4) is 0 Å². The molecule has 84 valence electrons. The highest BCUT2D eigenvalue weighted by molar-refractivity contribution is 5.74. The first kappa shape index (κ1) is 9.63. The fourth-order valence-electron chi connectivity index (χ4n) is 2.29. The average Bonchev–Trinajstić information content (AvgIpc) is 3.01. The van der Waals surface area contributed by atoms with Gasteiger partial charge in [-0.2, -0.15) is 0 Å². The molecule has 1 atom stereocenters. The Morgan fingerprint density at radius 2 is 2.25 bits per heavy atom. The lowest BCUT2D eigenvalue weighted by Crippen LogP contribution is -2.11. The molecular weight excluding hydrogens is 200 g/mol. The summed E-state index contributed by atoms with van der Waals surface area (Å²) in [7, 11) is 0. The summed E-state index contributed by atoms with van der Waals surface area (Å²) in [5, 5.41) is 0. The molecule has 2 N–H and O–H groups in total. The number of nitrogens with two attached hydrogens (primary N) is 1. The smallest absolute Gasteiger partial charge is 0.202 e. The van der Waals surface area contributed by atoms with Crippen molar-refractivity contribution in [2.45, 2.75) is 32.7 Å². The maximum absolute atomic E-state index is 5.98. The van der Waals surface area contributed by atoms with Crippen LogP contribution in [0.4, 0.5) is 5.95 Å². The van der Waals surface area contributed by atoms with Crippen molar-refractivity contribution in [3.05, 3.63) is 17.8 Å². The topological polar surface area (TPSA) is 56.7 Å². The fourth-order valence-corrected chi connectivity index (χ4v) is 2.29. The van der Waals surface area contributed by atoms with Crippen LogP contribution in [0.1, 0.15) is 31.4 Å². The van der Waals surface area contributed by atoms with Gasteiger partial charge in [-0.15, -0.1) is 0 Å². The molecule has 2 heterocycles. The monoisotopic (exact) mass is 216 g/mol. The van der Waals surface area contributed by atoms with Crippen LogP contribution >= 0.6 is 0 Å². The number of hydrogen-bond donors (Lipinski definition) is 1. The van der Waals surface area contributed by atoms with E-state index in [1.165, 1.54) is 12.8 Å². The highest BCUT2D eigenvalue weighted by Crippen LogP contribution is 2.41. The molecule has 0 aromatic carbocycles. The minimum Gasteiger partial charge on any atom is -0.369 e. The average molecular weight is 216 g/mol. The summed E-state index contributed by atoms with van der Waals surface area (Å²) in [5.74, 6) is 1.34. The number of aromatic nitrogens is 3. The van der Waals surface area contributed by atoms with Gasteiger partial charge in [-0.1, -0.05) is 0 Å². The molecule has 0 spiro atoms. The summed E-state index contributed by atoms with van der Waals surface area (Å²) >= 11 is 0. The van der Waals surface area contributed by atoms with Crippen molar-refractivity contribution >= 4 is 17.1 Å². The lowest BCUT2D eigenvalue weighted by molar-refractivity contribution is 0.501. The molecule has 2 aromatic heterocycles. The van der Waals surface area contributed by atoms with Gasteiger partial charge in [-0.3, -0.25) is 4.57 Å². The molecule has 0 bridgehead atoms. The van der Waals surface area contributed by atoms with E-state index in [4.69, 9.17) is 5.73 Å². The van der Waals surface area contributed by atoms with Crippen LogP contribution in [0.2, 0.25) is 0 Å². The molecule has 2 aromatic rings. The third kappa shape index (κ3) is 1.37. The van der Waals surface area contributed by atoms with Crippen molar-refractivity contribution in [3.63, 3.8) is 0 Å². The number of fused-ring (bicyclic) bond motifs is 1. The zero-order valence-corrected chi connectivity index (χ0v) is 9.64. The van der Waals surface area contributed by atoms with E-state index < -0.39 is 0 Å². The number of aryl methyl sites for hydroxylation is 1. The second-order valence-electron chi connectivity index (χ2n) is 4.77. The number of pyridine rings is 1. The van der Waals surface area contributed by atoms with Crippen molar-refractivity contribution in [1.29, 1.82) is 0 Å². The van der Waals surface area contributed by atoms with E-state index >= 15 is 0 Å². The first-order valence-electron chi connectivity index (χ1n) is 5.77. The first-order chi connectivity index (χ1) is 7.66. The van der Waals surface area contributed by atoms with Crippen LogP contribution in [0.5, 0.6) is 0 Å². The van der Waals surface area contributed by atoms with Crippen LogP contribution in [0.25, 0.3) is 11.2 Å². The molecule has 1 aliphatic carbocycles. The van der Waals surface area contributed by atoms with Crippen LogP contribution in [-0.2, 0) is 0 Å². The van der Waals surface area contributed by atoms with Gasteiger partial charge in [0.25, 0.3) is 0 Å². The molecule has 0 amide bonds. The Hall–Kier alpha value is -1.58. The molecule has 4 heteroatoms. The van der Waals surface area contributed by atoms with Gasteiger partial charge in [0.05, 0.1) is 0 Å². The molecule has 0 aliphatic heterocycles. The van der Waals surface area contributed by atoms with Crippen molar-refractivity contribution in [2.24, 2.45) is 5.92 Å². The highest BCUT2D eigenvalue weighted by Gasteiger charge is 2.31. The second-order valence-corrected chi connectivity index (χ2v) is 4.77. The Balaban J connectivity index is 2.18. The maximum atomic E-state index is 5.98. The Kier molecular flexibility index (Phi) is 1.93. The van der Waals surface area contributed by atoms with Gasteiger partial charge in [-0.25, -0.2) is 9.97 Å². The van der Waals surface area contributed by atoms with Gasteiger partial charge in [-0.05, 0) is 44.2 Å². The van der Waals surface area contributed by atoms with Crippen LogP contribution in [0.15, 0.2) is 12.3 Å². The molecule has 1 saturated carbocycles. The zero-order valence-electron chi connectivity index (χ0n) is 9.64. The molecule has 0 radical (unpaired) electrons. The van der Waals surface area contributed by atoms with Crippen molar-refractivity contribution in [1.82, 2.24) is 14.5 Å². The summed E-state index contributed by atoms with van der Waals surface area (Å²) in [5.41, 5.74) is 8.93. The number of imidazole rings is 1. The first-order valence-corrected chi connectivity index (χ1v) is 5.77. The number of nitrogens with zero attached hydrogens (tertiary/aromatic N) is 3. The Labute approximate surface area is 94.5 Å². The van der Waals surface area contributed by atoms with Gasteiger partial charge in [0, 0.05) is 12.2 Å². The summed E-state index contributed by atoms with van der Waals surface area (Å²) in [6.07, 6.45) is 4.47. The summed E-state index contributed by atoms with van der Waals surface area (Å²) in [6.45, 7) is 4.22. The van der Waals surface area contributed by atoms with Crippen LogP contribution in [0.3, 0.4) is 0 Å². The minimum absolute atomic E-state index is 0.417. The molecular formula is C12H16N4. The van der Waals surface area contributed by atoms with Crippen LogP contribution in [0, 0.1) is 12.8 Å². The van der Waals surface area contributed by atoms with E-state index in [0.717, 1.165) is 22.6 Å². The third-order valence-corrected chi connectivity index (χ3v) is 3.41. The quantitative estimate of drug-likeness (QED) is 0.838. The van der Waals surface area contributed by atoms with E-state index in [0.29, 0.717) is 12.0 Å². The summed E-state index contributed by atoms with van der Waals surface area (Å²) in [4.78, 5) is 8.84. The molecule has 1 aliphatic rings. The third-order valence-electron chi connectivity index (χ3n) is 3.41. The predicted octanol–water partition coefficient (Wildman–Crippen LogP) is 2.29. The van der Waals surface area contributed by atoms with Crippen molar-refractivity contribution in [2.75, 3.05) is 5.73 Å². The van der Waals surface area contributed by atoms with Crippen LogP contribution < -0.4 is 5.73 Å². The Morgan fingerprint density at radius 1 is 1.50 bits per heavy atom. The van der Waals surface area contributed by atoms with Crippen molar-refractivity contribution < 1.29 is 0 Å². The predicted molar refractivity (Wildman–Crippen MR) is 64.1 cm³/mol. The lowest BCUT2D eigenvalue weighted by atomic mass is 10.2. The molecule has 16 heavy (non-hydrogen) atoms. The summed E-state index contributed by atoms with van der Waals surface area (Å²) in [6, 6.07) is 2.45. The Bertz CT molecular complexity index is 539. The number of nitrogen functional groups attached to an aromatic ring is 1. The van der Waals surface area contributed by atoms with E-state index in [2.05, 4.69) is 21.5 Å². The standard InChI is InChI=1S/C12H16N4/c1-7-5-10-11(14-6-7)16(12(13)15-10)8(2)9-3-4-9/h5-6,8-9H,3-4H2,1-2H3,(H2,13,15). The Morgan fingerprint density at radius 3 is 2.94 bits per heavy atom. The lowest BCUT2D eigenvalue weighted by Gasteiger charge is -2.14. The highest BCUT2D eigenvalue weighted by atomic mass is 15.2. The van der Waals surface area contributed by atoms with E-state index in [-0.39, 0.29) is 0 Å². The van der Waals surface area contributed by atoms with Gasteiger partial charge in [0.2, 0.25) is 5.95 Å². The molecule has 3 rings (SSSR count). The fraction of sp³-hybridized carbons (Fsp3) is 0.500. The maximum Gasteiger partial charge on any atom is 0.202 e. The molecule has 1 fully saturated rings. The number of rotatable bonds is 2. The zero-order chi connectivity index (χ0) is 11.3. The molecule has 0 saturated heterocycles. The van der Waals surface area contributed by atoms with Crippen LogP contribution in [-0.4, -0.2) is 14.5 Å². The SMILES string of the molecule is Cc1cnc2c(c1)nc(N)n2C(C)C1CC1.